The molecule has 0 amide bonds. The van der Waals surface area contributed by atoms with Crippen molar-refractivity contribution in [1.82, 2.24) is 4.90 Å². The summed E-state index contributed by atoms with van der Waals surface area (Å²) in [5, 5.41) is 9.84. The van der Waals surface area contributed by atoms with Gasteiger partial charge < -0.3 is 14.6 Å². The summed E-state index contributed by atoms with van der Waals surface area (Å²) in [5.74, 6) is 0.223. The van der Waals surface area contributed by atoms with Crippen LogP contribution in [0, 0.1) is 5.92 Å². The molecule has 1 heterocycles. The number of halogens is 1. The fourth-order valence-electron chi connectivity index (χ4n) is 3.16. The van der Waals surface area contributed by atoms with E-state index in [1.807, 2.05) is 26.0 Å². The van der Waals surface area contributed by atoms with Gasteiger partial charge in [0, 0.05) is 19.1 Å². The molecule has 0 radical (unpaired) electrons. The highest BCUT2D eigenvalue weighted by Crippen LogP contribution is 2.37. The molecule has 25 heavy (non-hydrogen) atoms. The molecule has 2 atom stereocenters. The monoisotopic (exact) mass is 369 g/mol. The van der Waals surface area contributed by atoms with E-state index in [1.165, 1.54) is 0 Å². The van der Waals surface area contributed by atoms with Gasteiger partial charge >= 0.3 is 5.97 Å². The molecule has 0 spiro atoms. The number of carboxylic acid groups (broad SMARTS) is 1. The van der Waals surface area contributed by atoms with Gasteiger partial charge in [-0.1, -0.05) is 18.5 Å². The van der Waals surface area contributed by atoms with Gasteiger partial charge in [0.05, 0.1) is 24.2 Å². The third-order valence-electron chi connectivity index (χ3n) is 4.57. The predicted octanol–water partition coefficient (Wildman–Crippen LogP) is 4.21. The van der Waals surface area contributed by atoms with Gasteiger partial charge in [0.25, 0.3) is 0 Å². The van der Waals surface area contributed by atoms with Gasteiger partial charge in [0.2, 0.25) is 0 Å². The lowest BCUT2D eigenvalue weighted by atomic mass is 9.93. The minimum absolute atomic E-state index is 0.301. The van der Waals surface area contributed by atoms with Crippen LogP contribution in [-0.2, 0) is 11.3 Å². The highest BCUT2D eigenvalue weighted by molar-refractivity contribution is 6.32. The largest absolute Gasteiger partial charge is 0.490 e. The number of hydrogen-bond acceptors (Lipinski definition) is 4. The normalized spacial score (nSPS) is 21.1. The van der Waals surface area contributed by atoms with E-state index in [-0.39, 0.29) is 5.92 Å². The SMILES string of the molecule is CCCOc1c(Cl)cc(CN2CC(C(=O)O)CCC2C)cc1OCC. The van der Waals surface area contributed by atoms with Crippen molar-refractivity contribution in [2.24, 2.45) is 5.92 Å². The zero-order valence-corrected chi connectivity index (χ0v) is 16.0. The van der Waals surface area contributed by atoms with Crippen molar-refractivity contribution >= 4 is 17.6 Å². The van der Waals surface area contributed by atoms with Crippen LogP contribution in [0.1, 0.15) is 45.6 Å². The maximum Gasteiger partial charge on any atom is 0.307 e. The third-order valence-corrected chi connectivity index (χ3v) is 4.85. The second kappa shape index (κ2) is 9.30. The lowest BCUT2D eigenvalue weighted by Crippen LogP contribution is -2.43. The van der Waals surface area contributed by atoms with Crippen LogP contribution in [0.4, 0.5) is 0 Å². The molecular weight excluding hydrogens is 342 g/mol. The number of benzene rings is 1. The molecule has 0 aromatic heterocycles. The molecular formula is C19H28ClNO4. The molecule has 0 bridgehead atoms. The second-order valence-electron chi connectivity index (χ2n) is 6.58. The number of likely N-dealkylation sites (tertiary alicyclic amines) is 1. The summed E-state index contributed by atoms with van der Waals surface area (Å²) in [6.45, 7) is 8.44. The van der Waals surface area contributed by atoms with Crippen LogP contribution in [0.2, 0.25) is 5.02 Å². The first-order chi connectivity index (χ1) is 12.0. The Bertz CT molecular complexity index is 593. The zero-order valence-electron chi connectivity index (χ0n) is 15.3. The van der Waals surface area contributed by atoms with Crippen LogP contribution in [0.15, 0.2) is 12.1 Å². The lowest BCUT2D eigenvalue weighted by molar-refractivity contribution is -0.144. The minimum atomic E-state index is -0.715. The molecule has 6 heteroatoms. The van der Waals surface area contributed by atoms with Crippen LogP contribution in [0.3, 0.4) is 0 Å². The fraction of sp³-hybridized carbons (Fsp3) is 0.632. The number of hydrogen-bond donors (Lipinski definition) is 1. The summed E-state index contributed by atoms with van der Waals surface area (Å²) in [4.78, 5) is 13.5. The molecule has 0 aliphatic carbocycles. The number of ether oxygens (including phenoxy) is 2. The van der Waals surface area contributed by atoms with Crippen molar-refractivity contribution in [3.63, 3.8) is 0 Å². The van der Waals surface area contributed by atoms with E-state index in [4.69, 9.17) is 21.1 Å². The van der Waals surface area contributed by atoms with Gasteiger partial charge in [0.1, 0.15) is 0 Å². The first kappa shape index (κ1) is 19.9. The number of piperidine rings is 1. The van der Waals surface area contributed by atoms with Crippen LogP contribution in [-0.4, -0.2) is 41.8 Å². The van der Waals surface area contributed by atoms with Crippen LogP contribution >= 0.6 is 11.6 Å². The quantitative estimate of drug-likeness (QED) is 0.743. The summed E-state index contributed by atoms with van der Waals surface area (Å²) < 4.78 is 11.4. The molecule has 1 aliphatic rings. The standard InChI is InChI=1S/C19H28ClNO4/c1-4-8-25-18-16(20)9-14(10-17(18)24-5-2)11-21-12-15(19(22)23)7-6-13(21)3/h9-10,13,15H,4-8,11-12H2,1-3H3,(H,22,23). The Kier molecular flexibility index (Phi) is 7.38. The molecule has 140 valence electrons. The molecule has 1 aromatic carbocycles. The number of nitrogens with zero attached hydrogens (tertiary/aromatic N) is 1. The van der Waals surface area contributed by atoms with E-state index in [0.717, 1.165) is 24.8 Å². The van der Waals surface area contributed by atoms with Crippen LogP contribution in [0.25, 0.3) is 0 Å². The Balaban J connectivity index is 2.19. The highest BCUT2D eigenvalue weighted by Gasteiger charge is 2.30. The first-order valence-corrected chi connectivity index (χ1v) is 9.38. The van der Waals surface area contributed by atoms with E-state index in [2.05, 4.69) is 11.8 Å². The van der Waals surface area contributed by atoms with E-state index in [1.54, 1.807) is 0 Å². The van der Waals surface area contributed by atoms with Gasteiger partial charge in [-0.3, -0.25) is 9.69 Å². The molecule has 2 rings (SSSR count). The van der Waals surface area contributed by atoms with Crippen molar-refractivity contribution < 1.29 is 19.4 Å². The predicted molar refractivity (Wildman–Crippen MR) is 98.6 cm³/mol. The van der Waals surface area contributed by atoms with Gasteiger partial charge in [0.15, 0.2) is 11.5 Å². The number of aliphatic carboxylic acids is 1. The summed E-state index contributed by atoms with van der Waals surface area (Å²) in [7, 11) is 0. The molecule has 1 aromatic rings. The molecule has 2 unspecified atom stereocenters. The second-order valence-corrected chi connectivity index (χ2v) is 6.98. The summed E-state index contributed by atoms with van der Waals surface area (Å²) >= 11 is 6.42. The smallest absolute Gasteiger partial charge is 0.307 e. The number of carbonyl (C=O) groups is 1. The van der Waals surface area contributed by atoms with Crippen LogP contribution in [0.5, 0.6) is 11.5 Å². The van der Waals surface area contributed by atoms with E-state index >= 15 is 0 Å². The first-order valence-electron chi connectivity index (χ1n) is 9.01. The summed E-state index contributed by atoms with van der Waals surface area (Å²) in [6, 6.07) is 4.20. The van der Waals surface area contributed by atoms with Crippen molar-refractivity contribution in [3.05, 3.63) is 22.7 Å². The highest BCUT2D eigenvalue weighted by atomic mass is 35.5. The van der Waals surface area contributed by atoms with Gasteiger partial charge in [-0.25, -0.2) is 0 Å². The van der Waals surface area contributed by atoms with E-state index in [9.17, 15) is 9.90 Å². The minimum Gasteiger partial charge on any atom is -0.490 e. The van der Waals surface area contributed by atoms with Gasteiger partial charge in [-0.05, 0) is 50.8 Å². The maximum absolute atomic E-state index is 11.3. The third kappa shape index (κ3) is 5.25. The molecule has 0 saturated carbocycles. The zero-order chi connectivity index (χ0) is 18.4. The van der Waals surface area contributed by atoms with E-state index in [0.29, 0.717) is 48.9 Å². The maximum atomic E-state index is 11.3. The summed E-state index contributed by atoms with van der Waals surface area (Å²) in [5.41, 5.74) is 1.01. The Morgan fingerprint density at radius 2 is 2.08 bits per heavy atom. The van der Waals surface area contributed by atoms with Crippen molar-refractivity contribution in [1.29, 1.82) is 0 Å². The number of carboxylic acids is 1. The molecule has 1 aliphatic heterocycles. The molecule has 1 N–H and O–H groups in total. The van der Waals surface area contributed by atoms with Crippen LogP contribution < -0.4 is 9.47 Å². The van der Waals surface area contributed by atoms with Crippen molar-refractivity contribution in [2.45, 2.75) is 52.6 Å². The average Bonchev–Trinajstić information content (AvgIpc) is 2.56. The van der Waals surface area contributed by atoms with E-state index < -0.39 is 5.97 Å². The number of rotatable bonds is 8. The molecule has 1 saturated heterocycles. The Morgan fingerprint density at radius 1 is 1.32 bits per heavy atom. The van der Waals surface area contributed by atoms with Crippen molar-refractivity contribution in [2.75, 3.05) is 19.8 Å². The van der Waals surface area contributed by atoms with Gasteiger partial charge in [-0.15, -0.1) is 0 Å². The lowest BCUT2D eigenvalue weighted by Gasteiger charge is -2.36. The fourth-order valence-corrected chi connectivity index (χ4v) is 3.44. The molecule has 1 fully saturated rings. The molecule has 5 nitrogen and oxygen atoms in total. The topological polar surface area (TPSA) is 59.0 Å². The van der Waals surface area contributed by atoms with Crippen molar-refractivity contribution in [3.8, 4) is 11.5 Å². The Morgan fingerprint density at radius 3 is 2.72 bits per heavy atom. The summed E-state index contributed by atoms with van der Waals surface area (Å²) in [6.07, 6.45) is 2.52. The Labute approximate surface area is 154 Å². The average molecular weight is 370 g/mol. The Hall–Kier alpha value is -1.46. The van der Waals surface area contributed by atoms with Gasteiger partial charge in [-0.2, -0.15) is 0 Å².